The van der Waals surface area contributed by atoms with Crippen molar-refractivity contribution in [3.63, 3.8) is 0 Å². The first-order valence-electron chi connectivity index (χ1n) is 10.4. The van der Waals surface area contributed by atoms with E-state index >= 15 is 0 Å². The third-order valence-electron chi connectivity index (χ3n) is 5.24. The summed E-state index contributed by atoms with van der Waals surface area (Å²) < 4.78 is 84.3. The smallest absolute Gasteiger partial charge is 0.416 e. The van der Waals surface area contributed by atoms with Gasteiger partial charge in [-0.05, 0) is 42.3 Å². The molecule has 2 aromatic carbocycles. The fourth-order valence-corrected chi connectivity index (χ4v) is 3.74. The number of esters is 1. The third kappa shape index (κ3) is 5.92. The molecule has 0 aliphatic carbocycles. The quantitative estimate of drug-likeness (QED) is 0.447. The van der Waals surface area contributed by atoms with E-state index in [1.54, 1.807) is 13.0 Å². The van der Waals surface area contributed by atoms with Crippen LogP contribution in [0, 0.1) is 0 Å². The normalized spacial score (nSPS) is 15.7. The fourth-order valence-electron chi connectivity index (χ4n) is 3.74. The van der Waals surface area contributed by atoms with Gasteiger partial charge in [0, 0.05) is 18.7 Å². The molecule has 0 aromatic heterocycles. The third-order valence-corrected chi connectivity index (χ3v) is 5.24. The van der Waals surface area contributed by atoms with Gasteiger partial charge in [-0.2, -0.15) is 26.3 Å². The zero-order valence-electron chi connectivity index (χ0n) is 18.3. The van der Waals surface area contributed by atoms with Gasteiger partial charge in [0.15, 0.2) is 0 Å². The molecule has 0 saturated carbocycles. The molecule has 1 heterocycles. The molecular weight excluding hydrogens is 482 g/mol. The molecule has 1 aliphatic rings. The lowest BCUT2D eigenvalue weighted by Crippen LogP contribution is -2.39. The summed E-state index contributed by atoms with van der Waals surface area (Å²) in [6.45, 7) is 0.923. The van der Waals surface area contributed by atoms with E-state index < -0.39 is 59.4 Å². The Labute approximate surface area is 195 Å². The monoisotopic (exact) mass is 502 g/mol. The first-order chi connectivity index (χ1) is 16.3. The van der Waals surface area contributed by atoms with Gasteiger partial charge >= 0.3 is 18.3 Å². The fraction of sp³-hybridized carbons (Fsp3) is 0.348. The molecule has 1 N–H and O–H groups in total. The van der Waals surface area contributed by atoms with Crippen LogP contribution in [0.25, 0.3) is 0 Å². The lowest BCUT2D eigenvalue weighted by molar-refractivity contribution is -0.144. The minimum atomic E-state index is -5.06. The Balaban J connectivity index is 1.93. The first kappa shape index (κ1) is 26.0. The largest absolute Gasteiger partial charge is 0.466 e. The van der Waals surface area contributed by atoms with Crippen molar-refractivity contribution in [1.29, 1.82) is 0 Å². The Morgan fingerprint density at radius 3 is 2.17 bits per heavy atom. The summed E-state index contributed by atoms with van der Waals surface area (Å²) >= 11 is 0. The molecule has 1 atom stereocenters. The molecule has 6 nitrogen and oxygen atoms in total. The molecule has 0 radical (unpaired) electrons. The average Bonchev–Trinajstić information content (AvgIpc) is 3.04. The van der Waals surface area contributed by atoms with E-state index in [9.17, 15) is 40.7 Å². The lowest BCUT2D eigenvalue weighted by Gasteiger charge is -2.25. The van der Waals surface area contributed by atoms with E-state index in [1.807, 2.05) is 0 Å². The zero-order chi connectivity index (χ0) is 26.0. The summed E-state index contributed by atoms with van der Waals surface area (Å²) in [5.74, 6) is -2.04. The molecule has 1 aliphatic heterocycles. The van der Waals surface area contributed by atoms with Crippen LogP contribution < -0.4 is 5.32 Å². The van der Waals surface area contributed by atoms with E-state index in [1.165, 1.54) is 18.2 Å². The molecule has 2 amide bonds. The predicted molar refractivity (Wildman–Crippen MR) is 110 cm³/mol. The van der Waals surface area contributed by atoms with Gasteiger partial charge in [0.1, 0.15) is 6.04 Å². The van der Waals surface area contributed by atoms with Crippen molar-refractivity contribution >= 4 is 17.8 Å². The van der Waals surface area contributed by atoms with Crippen LogP contribution in [0.2, 0.25) is 0 Å². The summed E-state index contributed by atoms with van der Waals surface area (Å²) in [4.78, 5) is 38.3. The number of carbonyl (C=O) groups is 3. The SMILES string of the molecule is CCOC(=O)CCNC(=O)C1c2ccccc2C(=O)N1Cc1cc(C(F)(F)F)cc(C(F)(F)F)c1. The first-order valence-corrected chi connectivity index (χ1v) is 10.4. The number of carbonyl (C=O) groups excluding carboxylic acids is 3. The van der Waals surface area contributed by atoms with E-state index in [2.05, 4.69) is 5.32 Å². The number of alkyl halides is 6. The lowest BCUT2D eigenvalue weighted by atomic mass is 10.0. The number of ether oxygens (including phenoxy) is 1. The molecule has 0 bridgehead atoms. The number of nitrogens with zero attached hydrogens (tertiary/aromatic N) is 1. The van der Waals surface area contributed by atoms with Gasteiger partial charge in [-0.3, -0.25) is 14.4 Å². The summed E-state index contributed by atoms with van der Waals surface area (Å²) in [6, 6.07) is 5.64. The molecule has 0 fully saturated rings. The molecular formula is C23H20F6N2O4. The second kappa shape index (κ2) is 9.96. The Hall–Kier alpha value is -3.57. The molecule has 3 rings (SSSR count). The number of rotatable bonds is 7. The molecule has 0 saturated heterocycles. The summed E-state index contributed by atoms with van der Waals surface area (Å²) in [5.41, 5.74) is -3.16. The summed E-state index contributed by atoms with van der Waals surface area (Å²) in [5, 5.41) is 2.47. The van der Waals surface area contributed by atoms with E-state index in [-0.39, 0.29) is 36.8 Å². The number of fused-ring (bicyclic) bond motifs is 1. The van der Waals surface area contributed by atoms with Gasteiger partial charge in [0.2, 0.25) is 5.91 Å². The maximum Gasteiger partial charge on any atom is 0.416 e. The van der Waals surface area contributed by atoms with Crippen molar-refractivity contribution in [1.82, 2.24) is 10.2 Å². The van der Waals surface area contributed by atoms with E-state index in [4.69, 9.17) is 4.74 Å². The maximum absolute atomic E-state index is 13.3. The Bertz CT molecular complexity index is 1100. The predicted octanol–water partition coefficient (Wildman–Crippen LogP) is 4.49. The average molecular weight is 502 g/mol. The number of nitrogens with one attached hydrogen (secondary N) is 1. The van der Waals surface area contributed by atoms with Gasteiger partial charge in [0.25, 0.3) is 5.91 Å². The topological polar surface area (TPSA) is 75.7 Å². The van der Waals surface area contributed by atoms with Crippen LogP contribution in [0.5, 0.6) is 0 Å². The number of halogens is 6. The summed E-state index contributed by atoms with van der Waals surface area (Å²) in [7, 11) is 0. The van der Waals surface area contributed by atoms with E-state index in [0.717, 1.165) is 4.90 Å². The van der Waals surface area contributed by atoms with Gasteiger partial charge < -0.3 is 15.0 Å². The minimum Gasteiger partial charge on any atom is -0.466 e. The van der Waals surface area contributed by atoms with Gasteiger partial charge in [-0.25, -0.2) is 0 Å². The van der Waals surface area contributed by atoms with Crippen molar-refractivity contribution in [2.75, 3.05) is 13.2 Å². The Morgan fingerprint density at radius 1 is 1.00 bits per heavy atom. The maximum atomic E-state index is 13.3. The molecule has 188 valence electrons. The van der Waals surface area contributed by atoms with Crippen LogP contribution in [0.15, 0.2) is 42.5 Å². The van der Waals surface area contributed by atoms with Crippen LogP contribution in [0.1, 0.15) is 52.0 Å². The van der Waals surface area contributed by atoms with Crippen molar-refractivity contribution in [2.24, 2.45) is 0 Å². The zero-order valence-corrected chi connectivity index (χ0v) is 18.3. The second-order valence-corrected chi connectivity index (χ2v) is 7.68. The standard InChI is InChI=1S/C23H20F6N2O4/c1-2-35-18(32)7-8-30-20(33)19-16-5-3-4-6-17(16)21(34)31(19)12-13-9-14(22(24,25)26)11-15(10-13)23(27,28)29/h3-6,9-11,19H,2,7-8,12H2,1H3,(H,30,33). The van der Waals surface area contributed by atoms with Gasteiger partial charge in [0.05, 0.1) is 24.2 Å². The van der Waals surface area contributed by atoms with Crippen molar-refractivity contribution in [2.45, 2.75) is 38.3 Å². The Kier molecular flexibility index (Phi) is 7.41. The van der Waals surface area contributed by atoms with Gasteiger partial charge in [-0.1, -0.05) is 18.2 Å². The molecule has 0 spiro atoms. The second-order valence-electron chi connectivity index (χ2n) is 7.68. The van der Waals surface area contributed by atoms with E-state index in [0.29, 0.717) is 12.1 Å². The molecule has 2 aromatic rings. The van der Waals surface area contributed by atoms with Gasteiger partial charge in [-0.15, -0.1) is 0 Å². The van der Waals surface area contributed by atoms with Crippen molar-refractivity contribution in [3.8, 4) is 0 Å². The highest BCUT2D eigenvalue weighted by Crippen LogP contribution is 2.39. The van der Waals surface area contributed by atoms with Crippen LogP contribution in [-0.2, 0) is 33.2 Å². The molecule has 35 heavy (non-hydrogen) atoms. The highest BCUT2D eigenvalue weighted by atomic mass is 19.4. The van der Waals surface area contributed by atoms with Crippen LogP contribution in [-0.4, -0.2) is 35.8 Å². The molecule has 1 unspecified atom stereocenters. The van der Waals surface area contributed by atoms with Crippen LogP contribution >= 0.6 is 0 Å². The number of amides is 2. The number of benzene rings is 2. The highest BCUT2D eigenvalue weighted by molar-refractivity contribution is 6.04. The Morgan fingerprint density at radius 2 is 1.60 bits per heavy atom. The number of hydrogen-bond donors (Lipinski definition) is 1. The number of hydrogen-bond acceptors (Lipinski definition) is 4. The van der Waals surface area contributed by atoms with Crippen molar-refractivity contribution in [3.05, 3.63) is 70.3 Å². The summed E-state index contributed by atoms with van der Waals surface area (Å²) in [6.07, 6.45) is -10.3. The minimum absolute atomic E-state index is 0.0103. The van der Waals surface area contributed by atoms with Crippen LogP contribution in [0.4, 0.5) is 26.3 Å². The highest BCUT2D eigenvalue weighted by Gasteiger charge is 2.42. The van der Waals surface area contributed by atoms with Crippen LogP contribution in [0.3, 0.4) is 0 Å². The molecule has 12 heteroatoms. The van der Waals surface area contributed by atoms with Crippen molar-refractivity contribution < 1.29 is 45.5 Å².